The van der Waals surface area contributed by atoms with Crippen molar-refractivity contribution in [2.45, 2.75) is 71.1 Å². The highest BCUT2D eigenvalue weighted by atomic mass is 35.5. The third-order valence-electron chi connectivity index (χ3n) is 7.81. The number of piperazine rings is 1. The van der Waals surface area contributed by atoms with E-state index >= 15 is 0 Å². The number of aliphatic imine (C=N–C) groups is 1. The summed E-state index contributed by atoms with van der Waals surface area (Å²) in [4.78, 5) is 21.2. The van der Waals surface area contributed by atoms with Crippen LogP contribution in [0.1, 0.15) is 70.3 Å². The Balaban J connectivity index is 1.09. The number of rotatable bonds is 16. The van der Waals surface area contributed by atoms with Gasteiger partial charge in [-0.1, -0.05) is 74.4 Å². The van der Waals surface area contributed by atoms with Crippen molar-refractivity contribution in [1.82, 2.24) is 4.90 Å². The van der Waals surface area contributed by atoms with Gasteiger partial charge in [0.05, 0.1) is 34.6 Å². The van der Waals surface area contributed by atoms with Gasteiger partial charge in [0.2, 0.25) is 6.79 Å². The Kier molecular flexibility index (Phi) is 14.1. The highest BCUT2D eigenvalue weighted by Crippen LogP contribution is 2.33. The van der Waals surface area contributed by atoms with E-state index in [0.717, 1.165) is 87.5 Å². The average Bonchev–Trinajstić information content (AvgIpc) is 3.02. The lowest BCUT2D eigenvalue weighted by Gasteiger charge is -2.36. The van der Waals surface area contributed by atoms with E-state index < -0.39 is 6.16 Å². The number of nitrogens with zero attached hydrogens (tertiary/aromatic N) is 3. The molecule has 1 fully saturated rings. The molecule has 0 radical (unpaired) electrons. The number of unbranched alkanes of at least 4 members (excludes halogenated alkanes) is 6. The smallest absolute Gasteiger partial charge is 0.494 e. The van der Waals surface area contributed by atoms with E-state index in [4.69, 9.17) is 42.1 Å². The number of carbonyl (C=O) groups excluding carboxylic acids is 1. The molecule has 0 aliphatic carbocycles. The molecule has 0 spiro atoms. The highest BCUT2D eigenvalue weighted by molar-refractivity contribution is 6.43. The van der Waals surface area contributed by atoms with E-state index in [1.54, 1.807) is 0 Å². The first-order valence-corrected chi connectivity index (χ1v) is 16.5. The molecule has 43 heavy (non-hydrogen) atoms. The summed E-state index contributed by atoms with van der Waals surface area (Å²) in [6.45, 7) is 7.94. The van der Waals surface area contributed by atoms with Crippen LogP contribution in [-0.2, 0) is 20.6 Å². The molecule has 8 nitrogen and oxygen atoms in total. The van der Waals surface area contributed by atoms with Crippen LogP contribution in [0.4, 0.5) is 16.2 Å². The monoisotopic (exact) mass is 633 g/mol. The number of hydrogen-bond acceptors (Lipinski definition) is 8. The van der Waals surface area contributed by atoms with Crippen molar-refractivity contribution in [1.29, 1.82) is 0 Å². The van der Waals surface area contributed by atoms with Crippen LogP contribution in [0.5, 0.6) is 5.75 Å². The van der Waals surface area contributed by atoms with E-state index in [-0.39, 0.29) is 6.79 Å². The molecule has 1 saturated heterocycles. The predicted octanol–water partition coefficient (Wildman–Crippen LogP) is 8.44. The van der Waals surface area contributed by atoms with Crippen LogP contribution in [0.15, 0.2) is 41.4 Å². The second kappa shape index (κ2) is 18.2. The van der Waals surface area contributed by atoms with Gasteiger partial charge in [0.15, 0.2) is 5.90 Å². The fourth-order valence-corrected chi connectivity index (χ4v) is 5.70. The Morgan fingerprint density at radius 1 is 0.860 bits per heavy atom. The molecule has 0 atom stereocenters. The Morgan fingerprint density at radius 2 is 1.65 bits per heavy atom. The molecule has 2 aromatic rings. The SMILES string of the molecule is CCCCCCCCOC(=O)OCOC1=Nc2cc(OCCCCN3CCN(c4cccc(Cl)c4Cl)CC3)ccc2CC1. The first-order valence-electron chi connectivity index (χ1n) is 15.7. The summed E-state index contributed by atoms with van der Waals surface area (Å²) in [7, 11) is 0. The second-order valence-corrected chi connectivity index (χ2v) is 11.8. The number of ether oxygens (including phenoxy) is 4. The summed E-state index contributed by atoms with van der Waals surface area (Å²) in [5.74, 6) is 1.34. The Hall–Kier alpha value is -2.68. The minimum atomic E-state index is -0.703. The van der Waals surface area contributed by atoms with E-state index in [2.05, 4.69) is 27.8 Å². The maximum Gasteiger partial charge on any atom is 0.511 e. The van der Waals surface area contributed by atoms with Crippen LogP contribution in [-0.4, -0.2) is 69.7 Å². The summed E-state index contributed by atoms with van der Waals surface area (Å²) >= 11 is 12.6. The van der Waals surface area contributed by atoms with Crippen molar-refractivity contribution in [2.75, 3.05) is 57.6 Å². The predicted molar refractivity (Wildman–Crippen MR) is 173 cm³/mol. The molecule has 0 N–H and O–H groups in total. The van der Waals surface area contributed by atoms with Gasteiger partial charge in [0, 0.05) is 38.7 Å². The first-order chi connectivity index (χ1) is 21.0. The number of hydrogen-bond donors (Lipinski definition) is 0. The van der Waals surface area contributed by atoms with E-state index in [0.29, 0.717) is 35.6 Å². The molecule has 4 rings (SSSR count). The number of halogens is 2. The lowest BCUT2D eigenvalue weighted by molar-refractivity contribution is -0.00159. The van der Waals surface area contributed by atoms with Crippen molar-refractivity contribution >= 4 is 46.6 Å². The van der Waals surface area contributed by atoms with Gasteiger partial charge in [0.1, 0.15) is 5.75 Å². The van der Waals surface area contributed by atoms with E-state index in [1.807, 2.05) is 30.3 Å². The topological polar surface area (TPSA) is 72.8 Å². The van der Waals surface area contributed by atoms with Crippen molar-refractivity contribution in [2.24, 2.45) is 4.99 Å². The van der Waals surface area contributed by atoms with Crippen molar-refractivity contribution in [3.8, 4) is 5.75 Å². The quantitative estimate of drug-likeness (QED) is 0.104. The number of carbonyl (C=O) groups is 1. The Labute approximate surface area is 266 Å². The number of fused-ring (bicyclic) bond motifs is 1. The molecule has 0 bridgehead atoms. The molecule has 0 saturated carbocycles. The first kappa shape index (κ1) is 33.2. The highest BCUT2D eigenvalue weighted by Gasteiger charge is 2.20. The van der Waals surface area contributed by atoms with Gasteiger partial charge >= 0.3 is 6.16 Å². The zero-order chi connectivity index (χ0) is 30.3. The van der Waals surface area contributed by atoms with Gasteiger partial charge in [-0.15, -0.1) is 0 Å². The van der Waals surface area contributed by atoms with Crippen molar-refractivity contribution < 1.29 is 23.7 Å². The molecule has 0 unspecified atom stereocenters. The van der Waals surface area contributed by atoms with Gasteiger partial charge < -0.3 is 23.8 Å². The lowest BCUT2D eigenvalue weighted by Crippen LogP contribution is -2.46. The molecule has 2 aliphatic rings. The van der Waals surface area contributed by atoms with Crippen LogP contribution in [0.2, 0.25) is 10.0 Å². The fraction of sp³-hybridized carbons (Fsp3) is 0.576. The van der Waals surface area contributed by atoms with Gasteiger partial charge in [0.25, 0.3) is 0 Å². The second-order valence-electron chi connectivity index (χ2n) is 11.0. The fourth-order valence-electron chi connectivity index (χ4n) is 5.29. The van der Waals surface area contributed by atoms with Crippen LogP contribution in [0.3, 0.4) is 0 Å². The van der Waals surface area contributed by atoms with Crippen molar-refractivity contribution in [3.05, 3.63) is 52.0 Å². The van der Waals surface area contributed by atoms with E-state index in [1.165, 1.54) is 25.7 Å². The van der Waals surface area contributed by atoms with Crippen LogP contribution >= 0.6 is 23.2 Å². The molecular weight excluding hydrogens is 589 g/mol. The molecule has 0 aromatic heterocycles. The Bertz CT molecular complexity index is 1190. The zero-order valence-electron chi connectivity index (χ0n) is 25.3. The molecule has 236 valence electrons. The maximum atomic E-state index is 11.8. The summed E-state index contributed by atoms with van der Waals surface area (Å²) in [5, 5.41) is 1.24. The van der Waals surface area contributed by atoms with Gasteiger partial charge in [-0.05, 0) is 56.0 Å². The Morgan fingerprint density at radius 3 is 2.49 bits per heavy atom. The van der Waals surface area contributed by atoms with Gasteiger partial charge in [-0.2, -0.15) is 0 Å². The van der Waals surface area contributed by atoms with Crippen molar-refractivity contribution in [3.63, 3.8) is 0 Å². The number of anilines is 1. The number of benzene rings is 2. The molecule has 2 heterocycles. The summed E-state index contributed by atoms with van der Waals surface area (Å²) in [5.41, 5.74) is 3.00. The molecule has 2 aromatic carbocycles. The molecular formula is C33H45Cl2N3O5. The maximum absolute atomic E-state index is 11.8. The van der Waals surface area contributed by atoms with Crippen LogP contribution < -0.4 is 9.64 Å². The van der Waals surface area contributed by atoms with Crippen LogP contribution in [0.25, 0.3) is 0 Å². The summed E-state index contributed by atoms with van der Waals surface area (Å²) < 4.78 is 21.8. The van der Waals surface area contributed by atoms with Gasteiger partial charge in [-0.3, -0.25) is 4.90 Å². The summed E-state index contributed by atoms with van der Waals surface area (Å²) in [6.07, 6.45) is 9.61. The summed E-state index contributed by atoms with van der Waals surface area (Å²) in [6, 6.07) is 11.8. The lowest BCUT2D eigenvalue weighted by atomic mass is 10.0. The molecule has 0 amide bonds. The standard InChI is InChI=1S/C33H45Cl2N3O5/c1-2-3-4-5-6-8-23-41-33(39)43-25-42-31-16-14-26-13-15-27(24-29(26)36-31)40-22-9-7-17-37-18-20-38(21-19-37)30-12-10-11-28(34)32(30)35/h10-13,15,24H,2-9,14,16-23,25H2,1H3. The van der Waals surface area contributed by atoms with Crippen LogP contribution in [0, 0.1) is 0 Å². The largest absolute Gasteiger partial charge is 0.511 e. The van der Waals surface area contributed by atoms with Gasteiger partial charge in [-0.25, -0.2) is 9.79 Å². The number of aryl methyl sites for hydroxylation is 1. The third kappa shape index (κ3) is 11.1. The minimum Gasteiger partial charge on any atom is -0.494 e. The third-order valence-corrected chi connectivity index (χ3v) is 8.62. The average molecular weight is 635 g/mol. The molecule has 10 heteroatoms. The zero-order valence-corrected chi connectivity index (χ0v) is 26.8. The normalized spacial score (nSPS) is 15.0. The van der Waals surface area contributed by atoms with E-state index in [9.17, 15) is 4.79 Å². The molecule has 2 aliphatic heterocycles. The minimum absolute atomic E-state index is 0.205.